The van der Waals surface area contributed by atoms with E-state index in [1.807, 2.05) is 0 Å². The summed E-state index contributed by atoms with van der Waals surface area (Å²) in [6.07, 6.45) is 1.08. The van der Waals surface area contributed by atoms with Gasteiger partial charge in [-0.2, -0.15) is 0 Å². The highest BCUT2D eigenvalue weighted by Gasteiger charge is 2.37. The summed E-state index contributed by atoms with van der Waals surface area (Å²) in [4.78, 5) is 24.4. The van der Waals surface area contributed by atoms with Crippen LogP contribution in [0.4, 0.5) is 0 Å². The van der Waals surface area contributed by atoms with E-state index in [2.05, 4.69) is 10.6 Å². The van der Waals surface area contributed by atoms with Crippen molar-refractivity contribution in [2.75, 3.05) is 19.8 Å². The molecule has 126 valence electrons. The molecule has 0 aromatic heterocycles. The molecule has 1 aliphatic heterocycles. The maximum absolute atomic E-state index is 12.3. The molecule has 0 aliphatic carbocycles. The summed E-state index contributed by atoms with van der Waals surface area (Å²) < 4.78 is 5.33. The van der Waals surface area contributed by atoms with Crippen molar-refractivity contribution in [3.63, 3.8) is 0 Å². The topological polar surface area (TPSA) is 87.7 Å². The monoisotopic (exact) mass is 340 g/mol. The van der Waals surface area contributed by atoms with Crippen molar-refractivity contribution in [1.29, 1.82) is 0 Å². The lowest BCUT2D eigenvalue weighted by Crippen LogP contribution is -2.55. The number of nitrogens with one attached hydrogen (secondary N) is 2. The Morgan fingerprint density at radius 1 is 1.39 bits per heavy atom. The molecule has 0 spiro atoms. The van der Waals surface area contributed by atoms with Gasteiger partial charge >= 0.3 is 0 Å². The van der Waals surface area contributed by atoms with Crippen LogP contribution >= 0.6 is 11.6 Å². The molecule has 0 radical (unpaired) electrons. The Morgan fingerprint density at radius 2 is 2.09 bits per heavy atom. The molecule has 0 saturated carbocycles. The van der Waals surface area contributed by atoms with E-state index in [1.165, 1.54) is 0 Å². The minimum absolute atomic E-state index is 0.0326. The first-order valence-corrected chi connectivity index (χ1v) is 7.91. The van der Waals surface area contributed by atoms with Crippen LogP contribution in [0.15, 0.2) is 24.3 Å². The van der Waals surface area contributed by atoms with Crippen LogP contribution in [-0.2, 0) is 9.53 Å². The summed E-state index contributed by atoms with van der Waals surface area (Å²) in [5.74, 6) is -0.644. The molecule has 3 N–H and O–H groups in total. The van der Waals surface area contributed by atoms with Gasteiger partial charge < -0.3 is 20.5 Å². The number of hydrogen-bond acceptors (Lipinski definition) is 4. The molecule has 1 aromatic rings. The Kier molecular flexibility index (Phi) is 5.98. The predicted molar refractivity (Wildman–Crippen MR) is 86.4 cm³/mol. The Bertz CT molecular complexity index is 556. The summed E-state index contributed by atoms with van der Waals surface area (Å²) in [5.41, 5.74) is -0.117. The maximum atomic E-state index is 12.3. The van der Waals surface area contributed by atoms with Crippen molar-refractivity contribution >= 4 is 23.4 Å². The van der Waals surface area contributed by atoms with Crippen LogP contribution in [0.1, 0.15) is 30.1 Å². The van der Waals surface area contributed by atoms with Gasteiger partial charge in [0.1, 0.15) is 6.04 Å². The molecular weight excluding hydrogens is 320 g/mol. The number of rotatable bonds is 6. The highest BCUT2D eigenvalue weighted by atomic mass is 35.5. The fourth-order valence-corrected chi connectivity index (χ4v) is 2.62. The van der Waals surface area contributed by atoms with Crippen LogP contribution in [0, 0.1) is 0 Å². The number of carbonyl (C=O) groups is 2. The molecule has 2 amide bonds. The first-order chi connectivity index (χ1) is 11.0. The van der Waals surface area contributed by atoms with E-state index in [1.54, 1.807) is 31.2 Å². The summed E-state index contributed by atoms with van der Waals surface area (Å²) in [6, 6.07) is 5.73. The van der Waals surface area contributed by atoms with E-state index in [9.17, 15) is 14.7 Å². The first-order valence-electron chi connectivity index (χ1n) is 7.53. The molecule has 1 aromatic carbocycles. The summed E-state index contributed by atoms with van der Waals surface area (Å²) in [5, 5.41) is 15.3. The highest BCUT2D eigenvalue weighted by Crippen LogP contribution is 2.22. The average molecular weight is 341 g/mol. The molecule has 0 unspecified atom stereocenters. The zero-order chi connectivity index (χ0) is 16.9. The lowest BCUT2D eigenvalue weighted by Gasteiger charge is -2.29. The van der Waals surface area contributed by atoms with Crippen LogP contribution < -0.4 is 10.6 Å². The van der Waals surface area contributed by atoms with Crippen LogP contribution in [0.25, 0.3) is 0 Å². The third-order valence-corrected chi connectivity index (χ3v) is 4.18. The largest absolute Gasteiger partial charge is 0.396 e. The van der Waals surface area contributed by atoms with Gasteiger partial charge in [-0.15, -0.1) is 0 Å². The van der Waals surface area contributed by atoms with Gasteiger partial charge in [0.25, 0.3) is 5.91 Å². The average Bonchev–Trinajstić information content (AvgIpc) is 2.96. The molecule has 23 heavy (non-hydrogen) atoms. The number of halogens is 1. The zero-order valence-corrected chi connectivity index (χ0v) is 13.7. The normalized spacial score (nSPS) is 21.7. The molecule has 1 aliphatic rings. The molecular formula is C16H21ClN2O4. The number of benzene rings is 1. The van der Waals surface area contributed by atoms with Gasteiger partial charge in [-0.1, -0.05) is 11.6 Å². The predicted octanol–water partition coefficient (Wildman–Crippen LogP) is 1.12. The lowest BCUT2D eigenvalue weighted by molar-refractivity contribution is -0.124. The van der Waals surface area contributed by atoms with E-state index >= 15 is 0 Å². The first kappa shape index (κ1) is 17.7. The van der Waals surface area contributed by atoms with Gasteiger partial charge in [-0.3, -0.25) is 9.59 Å². The zero-order valence-electron chi connectivity index (χ0n) is 13.0. The molecule has 7 heteroatoms. The van der Waals surface area contributed by atoms with Gasteiger partial charge in [-0.25, -0.2) is 0 Å². The van der Waals surface area contributed by atoms with Crippen molar-refractivity contribution < 1.29 is 19.4 Å². The van der Waals surface area contributed by atoms with Crippen LogP contribution in [0.3, 0.4) is 0 Å². The minimum Gasteiger partial charge on any atom is -0.396 e. The van der Waals surface area contributed by atoms with E-state index in [4.69, 9.17) is 16.3 Å². The van der Waals surface area contributed by atoms with Crippen molar-refractivity contribution in [3.8, 4) is 0 Å². The molecule has 2 atom stereocenters. The van der Waals surface area contributed by atoms with Crippen LogP contribution in [0.5, 0.6) is 0 Å². The fraction of sp³-hybridized carbons (Fsp3) is 0.500. The molecule has 6 nitrogen and oxygen atoms in total. The number of aliphatic hydroxyl groups excluding tert-OH is 1. The molecule has 1 heterocycles. The standard InChI is InChI=1S/C16H21ClN2O4/c1-11(18-15(22)12-2-4-13(17)5-3-12)14(21)19-16(6-8-20)7-9-23-10-16/h2-5,11,20H,6-10H2,1H3,(H,18,22)(H,19,21)/t11-,16+/m0/s1. The number of ether oxygens (including phenoxy) is 1. The van der Waals surface area contributed by atoms with E-state index in [-0.39, 0.29) is 18.4 Å². The summed E-state index contributed by atoms with van der Waals surface area (Å²) in [6.45, 7) is 2.50. The Labute approximate surface area is 140 Å². The van der Waals surface area contributed by atoms with Gasteiger partial charge in [0.05, 0.1) is 12.1 Å². The fourth-order valence-electron chi connectivity index (χ4n) is 2.50. The van der Waals surface area contributed by atoms with Gasteiger partial charge in [-0.05, 0) is 44.0 Å². The maximum Gasteiger partial charge on any atom is 0.251 e. The van der Waals surface area contributed by atoms with Crippen LogP contribution in [0.2, 0.25) is 5.02 Å². The summed E-state index contributed by atoms with van der Waals surface area (Å²) in [7, 11) is 0. The number of carbonyl (C=O) groups excluding carboxylic acids is 2. The Hall–Kier alpha value is -1.63. The molecule has 1 fully saturated rings. The quantitative estimate of drug-likeness (QED) is 0.724. The van der Waals surface area contributed by atoms with E-state index in [0.717, 1.165) is 0 Å². The third-order valence-electron chi connectivity index (χ3n) is 3.93. The Morgan fingerprint density at radius 3 is 2.65 bits per heavy atom. The lowest BCUT2D eigenvalue weighted by atomic mass is 9.94. The third kappa shape index (κ3) is 4.67. The molecule has 1 saturated heterocycles. The van der Waals surface area contributed by atoms with E-state index in [0.29, 0.717) is 36.6 Å². The van der Waals surface area contributed by atoms with Crippen molar-refractivity contribution in [2.45, 2.75) is 31.3 Å². The van der Waals surface area contributed by atoms with Gasteiger partial charge in [0, 0.05) is 23.8 Å². The number of aliphatic hydroxyl groups is 1. The minimum atomic E-state index is -0.700. The smallest absolute Gasteiger partial charge is 0.251 e. The van der Waals surface area contributed by atoms with Gasteiger partial charge in [0.2, 0.25) is 5.91 Å². The van der Waals surface area contributed by atoms with E-state index < -0.39 is 11.6 Å². The van der Waals surface area contributed by atoms with Crippen LogP contribution in [-0.4, -0.2) is 48.3 Å². The highest BCUT2D eigenvalue weighted by molar-refractivity contribution is 6.30. The van der Waals surface area contributed by atoms with Gasteiger partial charge in [0.15, 0.2) is 0 Å². The molecule has 2 rings (SSSR count). The SMILES string of the molecule is C[C@H](NC(=O)c1ccc(Cl)cc1)C(=O)N[C@]1(CCO)CCOC1. The Balaban J connectivity index is 1.94. The number of hydrogen-bond donors (Lipinski definition) is 3. The van der Waals surface area contributed by atoms with Crippen molar-refractivity contribution in [1.82, 2.24) is 10.6 Å². The second kappa shape index (κ2) is 7.77. The second-order valence-electron chi connectivity index (χ2n) is 5.75. The van der Waals surface area contributed by atoms with Crippen molar-refractivity contribution in [3.05, 3.63) is 34.9 Å². The summed E-state index contributed by atoms with van der Waals surface area (Å²) >= 11 is 5.78. The van der Waals surface area contributed by atoms with Crippen molar-refractivity contribution in [2.24, 2.45) is 0 Å². The molecule has 0 bridgehead atoms. The number of amides is 2. The second-order valence-corrected chi connectivity index (χ2v) is 6.18.